The van der Waals surface area contributed by atoms with Crippen LogP contribution in [0.4, 0.5) is 4.79 Å². The lowest BCUT2D eigenvalue weighted by Gasteiger charge is -2.36. The van der Waals surface area contributed by atoms with Crippen molar-refractivity contribution in [2.45, 2.75) is 19.9 Å². The van der Waals surface area contributed by atoms with Gasteiger partial charge in [0.2, 0.25) is 0 Å². The van der Waals surface area contributed by atoms with Gasteiger partial charge in [0.25, 0.3) is 0 Å². The van der Waals surface area contributed by atoms with Crippen molar-refractivity contribution >= 4 is 6.03 Å². The van der Waals surface area contributed by atoms with Crippen molar-refractivity contribution in [1.29, 1.82) is 0 Å². The standard InChI is InChI=1S/C15H23N3O/c1-3-17(4-2)15(19)18-11-10-16-14(12-18)13-8-6-5-7-9-13/h5-9,14,16H,3-4,10-12H2,1-2H3. The van der Waals surface area contributed by atoms with Crippen LogP contribution in [-0.4, -0.2) is 48.6 Å². The van der Waals surface area contributed by atoms with E-state index in [4.69, 9.17) is 0 Å². The van der Waals surface area contributed by atoms with E-state index in [1.165, 1.54) is 5.56 Å². The molecule has 1 N–H and O–H groups in total. The Bertz CT molecular complexity index is 403. The van der Waals surface area contributed by atoms with E-state index in [1.54, 1.807) is 0 Å². The molecular weight excluding hydrogens is 238 g/mol. The number of nitrogens with zero attached hydrogens (tertiary/aromatic N) is 2. The number of benzene rings is 1. The molecular formula is C15H23N3O. The van der Waals surface area contributed by atoms with Gasteiger partial charge in [-0.05, 0) is 19.4 Å². The van der Waals surface area contributed by atoms with Gasteiger partial charge in [-0.2, -0.15) is 0 Å². The Morgan fingerprint density at radius 1 is 1.32 bits per heavy atom. The number of carbonyl (C=O) groups excluding carboxylic acids is 1. The molecule has 0 radical (unpaired) electrons. The summed E-state index contributed by atoms with van der Waals surface area (Å²) in [7, 11) is 0. The highest BCUT2D eigenvalue weighted by atomic mass is 16.2. The molecule has 104 valence electrons. The number of urea groups is 1. The molecule has 0 saturated carbocycles. The van der Waals surface area contributed by atoms with Crippen molar-refractivity contribution in [2.24, 2.45) is 0 Å². The molecule has 0 spiro atoms. The summed E-state index contributed by atoms with van der Waals surface area (Å²) in [6, 6.07) is 10.7. The molecule has 4 heteroatoms. The molecule has 1 aliphatic heterocycles. The van der Waals surface area contributed by atoms with Crippen LogP contribution in [0.3, 0.4) is 0 Å². The fourth-order valence-corrected chi connectivity index (χ4v) is 2.53. The average molecular weight is 261 g/mol. The Kier molecular flexibility index (Phi) is 4.80. The molecule has 1 atom stereocenters. The largest absolute Gasteiger partial charge is 0.325 e. The second-order valence-electron chi connectivity index (χ2n) is 4.82. The molecule has 2 amide bonds. The van der Waals surface area contributed by atoms with Gasteiger partial charge >= 0.3 is 6.03 Å². The summed E-state index contributed by atoms with van der Waals surface area (Å²) in [6.07, 6.45) is 0. The monoisotopic (exact) mass is 261 g/mol. The quantitative estimate of drug-likeness (QED) is 0.904. The zero-order chi connectivity index (χ0) is 13.7. The minimum atomic E-state index is 0.160. The highest BCUT2D eigenvalue weighted by molar-refractivity contribution is 5.74. The number of rotatable bonds is 3. The first-order valence-electron chi connectivity index (χ1n) is 7.08. The van der Waals surface area contributed by atoms with Crippen LogP contribution >= 0.6 is 0 Å². The van der Waals surface area contributed by atoms with Gasteiger partial charge in [0.15, 0.2) is 0 Å². The van der Waals surface area contributed by atoms with Crippen LogP contribution in [0.1, 0.15) is 25.5 Å². The number of hydrogen-bond acceptors (Lipinski definition) is 2. The van der Waals surface area contributed by atoms with Gasteiger partial charge in [0, 0.05) is 32.7 Å². The van der Waals surface area contributed by atoms with E-state index in [1.807, 2.05) is 41.8 Å². The van der Waals surface area contributed by atoms with Gasteiger partial charge in [-0.1, -0.05) is 30.3 Å². The van der Waals surface area contributed by atoms with Crippen molar-refractivity contribution < 1.29 is 4.79 Å². The zero-order valence-electron chi connectivity index (χ0n) is 11.8. The van der Waals surface area contributed by atoms with E-state index in [9.17, 15) is 4.79 Å². The van der Waals surface area contributed by atoms with E-state index in [2.05, 4.69) is 17.4 Å². The molecule has 1 aromatic rings. The van der Waals surface area contributed by atoms with E-state index in [-0.39, 0.29) is 12.1 Å². The normalized spacial score (nSPS) is 19.3. The number of amides is 2. The third kappa shape index (κ3) is 3.26. The van der Waals surface area contributed by atoms with Crippen molar-refractivity contribution in [3.63, 3.8) is 0 Å². The van der Waals surface area contributed by atoms with Gasteiger partial charge in [-0.25, -0.2) is 4.79 Å². The molecule has 1 aromatic carbocycles. The maximum Gasteiger partial charge on any atom is 0.320 e. The van der Waals surface area contributed by atoms with E-state index in [0.29, 0.717) is 0 Å². The highest BCUT2D eigenvalue weighted by Crippen LogP contribution is 2.17. The van der Waals surface area contributed by atoms with Crippen LogP contribution in [-0.2, 0) is 0 Å². The zero-order valence-corrected chi connectivity index (χ0v) is 11.8. The SMILES string of the molecule is CCN(CC)C(=O)N1CCNC(c2ccccc2)C1. The van der Waals surface area contributed by atoms with Crippen molar-refractivity contribution in [3.05, 3.63) is 35.9 Å². The Hall–Kier alpha value is -1.55. The number of carbonyl (C=O) groups is 1. The summed E-state index contributed by atoms with van der Waals surface area (Å²) in [5.41, 5.74) is 1.25. The Labute approximate surface area is 115 Å². The molecule has 0 bridgehead atoms. The maximum atomic E-state index is 12.4. The first-order valence-corrected chi connectivity index (χ1v) is 7.08. The van der Waals surface area contributed by atoms with E-state index < -0.39 is 0 Å². The fraction of sp³-hybridized carbons (Fsp3) is 0.533. The lowest BCUT2D eigenvalue weighted by atomic mass is 10.0. The number of hydrogen-bond donors (Lipinski definition) is 1. The predicted molar refractivity (Wildman–Crippen MR) is 77.1 cm³/mol. The van der Waals surface area contributed by atoms with Gasteiger partial charge < -0.3 is 15.1 Å². The van der Waals surface area contributed by atoms with Crippen LogP contribution in [0.15, 0.2) is 30.3 Å². The van der Waals surface area contributed by atoms with E-state index in [0.717, 1.165) is 32.7 Å². The topological polar surface area (TPSA) is 35.6 Å². The molecule has 0 aromatic heterocycles. The Morgan fingerprint density at radius 3 is 2.63 bits per heavy atom. The molecule has 4 nitrogen and oxygen atoms in total. The molecule has 1 fully saturated rings. The van der Waals surface area contributed by atoms with Gasteiger partial charge in [-0.3, -0.25) is 0 Å². The van der Waals surface area contributed by atoms with Gasteiger partial charge in [-0.15, -0.1) is 0 Å². The third-order valence-corrected chi connectivity index (χ3v) is 3.68. The smallest absolute Gasteiger partial charge is 0.320 e. The van der Waals surface area contributed by atoms with Gasteiger partial charge in [0.05, 0.1) is 6.04 Å². The number of piperazine rings is 1. The highest BCUT2D eigenvalue weighted by Gasteiger charge is 2.26. The summed E-state index contributed by atoms with van der Waals surface area (Å²) in [5, 5.41) is 3.48. The lowest BCUT2D eigenvalue weighted by Crippen LogP contribution is -2.52. The van der Waals surface area contributed by atoms with Crippen LogP contribution in [0.25, 0.3) is 0 Å². The summed E-state index contributed by atoms with van der Waals surface area (Å²) in [6.45, 7) is 7.99. The maximum absolute atomic E-state index is 12.4. The predicted octanol–water partition coefficient (Wildman–Crippen LogP) is 2.09. The molecule has 2 rings (SSSR count). The first-order chi connectivity index (χ1) is 9.26. The molecule has 1 aliphatic rings. The number of nitrogens with one attached hydrogen (secondary N) is 1. The molecule has 0 aliphatic carbocycles. The van der Waals surface area contributed by atoms with Crippen LogP contribution in [0.5, 0.6) is 0 Å². The van der Waals surface area contributed by atoms with Crippen LogP contribution in [0, 0.1) is 0 Å². The van der Waals surface area contributed by atoms with E-state index >= 15 is 0 Å². The fourth-order valence-electron chi connectivity index (χ4n) is 2.53. The summed E-state index contributed by atoms with van der Waals surface area (Å²) >= 11 is 0. The molecule has 1 saturated heterocycles. The minimum absolute atomic E-state index is 0.160. The average Bonchev–Trinajstić information content (AvgIpc) is 2.49. The van der Waals surface area contributed by atoms with Crippen LogP contribution in [0.2, 0.25) is 0 Å². The molecule has 19 heavy (non-hydrogen) atoms. The summed E-state index contributed by atoms with van der Waals surface area (Å²) in [5.74, 6) is 0. The summed E-state index contributed by atoms with van der Waals surface area (Å²) in [4.78, 5) is 16.2. The lowest BCUT2D eigenvalue weighted by molar-refractivity contribution is 0.140. The van der Waals surface area contributed by atoms with Crippen LogP contribution < -0.4 is 5.32 Å². The Morgan fingerprint density at radius 2 is 2.00 bits per heavy atom. The van der Waals surface area contributed by atoms with Crippen molar-refractivity contribution in [2.75, 3.05) is 32.7 Å². The Balaban J connectivity index is 2.03. The van der Waals surface area contributed by atoms with Gasteiger partial charge in [0.1, 0.15) is 0 Å². The first kappa shape index (κ1) is 13.9. The second kappa shape index (κ2) is 6.57. The van der Waals surface area contributed by atoms with Crippen molar-refractivity contribution in [3.8, 4) is 0 Å². The third-order valence-electron chi connectivity index (χ3n) is 3.68. The minimum Gasteiger partial charge on any atom is -0.325 e. The molecule has 1 unspecified atom stereocenters. The second-order valence-corrected chi connectivity index (χ2v) is 4.82. The summed E-state index contributed by atoms with van der Waals surface area (Å²) < 4.78 is 0. The molecule has 1 heterocycles. The van der Waals surface area contributed by atoms with Crippen molar-refractivity contribution in [1.82, 2.24) is 15.1 Å².